The summed E-state index contributed by atoms with van der Waals surface area (Å²) in [7, 11) is 0. The summed E-state index contributed by atoms with van der Waals surface area (Å²) in [6, 6.07) is 0. The topological polar surface area (TPSA) is 327 Å². The van der Waals surface area contributed by atoms with Gasteiger partial charge in [0.25, 0.3) is 0 Å². The Hall–Kier alpha value is -0.276. The van der Waals surface area contributed by atoms with Crippen LogP contribution in [0.4, 0.5) is 0 Å². The molecule has 0 aliphatic carbocycles. The number of hydrogen-bond donors (Lipinski definition) is 2. The first-order valence-electron chi connectivity index (χ1n) is 1.11. The van der Waals surface area contributed by atoms with Crippen molar-refractivity contribution in [2.75, 3.05) is 0 Å². The minimum atomic E-state index is -1.82. The van der Waals surface area contributed by atoms with Gasteiger partial charge in [-0.2, -0.15) is 0 Å². The Morgan fingerprint density at radius 3 is 0.688 bits per heavy atom. The Labute approximate surface area is 113 Å². The van der Waals surface area contributed by atoms with Gasteiger partial charge in [-0.1, -0.05) is 0 Å². The van der Waals surface area contributed by atoms with Crippen LogP contribution in [0.25, 0.3) is 0 Å². The van der Waals surface area contributed by atoms with Crippen molar-refractivity contribution >= 4 is 11.9 Å². The number of hydrogen-bond acceptors (Lipinski definition) is 2. The molecular weight excluding hydrogens is 282 g/mol. The van der Waals surface area contributed by atoms with Gasteiger partial charge in [-0.15, -0.1) is 0 Å². The zero-order valence-electron chi connectivity index (χ0n) is 9.04. The molecule has 0 unspecified atom stereocenters. The van der Waals surface area contributed by atoms with E-state index < -0.39 is 11.9 Å². The van der Waals surface area contributed by atoms with E-state index in [0.717, 1.165) is 0 Å². The van der Waals surface area contributed by atoms with Crippen molar-refractivity contribution in [3.63, 3.8) is 0 Å². The van der Waals surface area contributed by atoms with Gasteiger partial charge in [0.05, 0.1) is 0 Å². The predicted octanol–water partition coefficient (Wildman–Crippen LogP) is -10.3. The van der Waals surface area contributed by atoms with Crippen molar-refractivity contribution in [1.82, 2.24) is 0 Å². The van der Waals surface area contributed by atoms with E-state index in [2.05, 4.69) is 0 Å². The molecule has 0 aromatic heterocycles. The number of aliphatic carboxylic acids is 2. The van der Waals surface area contributed by atoms with Gasteiger partial charge in [-0.25, -0.2) is 9.59 Å². The summed E-state index contributed by atoms with van der Waals surface area (Å²) in [4.78, 5) is 18.2. The molecule has 0 aliphatic heterocycles. The maximum absolute atomic E-state index is 9.10. The summed E-state index contributed by atoms with van der Waals surface area (Å²) in [5.41, 5.74) is 0. The van der Waals surface area contributed by atoms with Gasteiger partial charge in [0.2, 0.25) is 0 Å². The monoisotopic (exact) mass is 301 g/mol. The molecule has 1 radical (unpaired) electrons. The molecule has 109 valence electrons. The Morgan fingerprint density at radius 2 is 0.688 bits per heavy atom. The van der Waals surface area contributed by atoms with Gasteiger partial charge in [0.15, 0.2) is 0 Å². The van der Waals surface area contributed by atoms with Gasteiger partial charge in [-0.05, 0) is 0 Å². The van der Waals surface area contributed by atoms with E-state index in [1.807, 2.05) is 0 Å². The number of rotatable bonds is 0. The fraction of sp³-hybridized carbons (Fsp3) is 0. The quantitative estimate of drug-likeness (QED) is 0.324. The van der Waals surface area contributed by atoms with Crippen molar-refractivity contribution < 1.29 is 101 Å². The largest absolute Gasteiger partial charge is 1.00 e. The number of carbonyl (C=O) groups is 2. The average molecular weight is 301 g/mol. The molecule has 14 heteroatoms. The Morgan fingerprint density at radius 1 is 0.625 bits per heavy atom. The molecule has 0 amide bonds. The van der Waals surface area contributed by atoms with Crippen LogP contribution >= 0.6 is 0 Å². The Kier molecular flexibility index (Phi) is 808. The first-order valence-corrected chi connectivity index (χ1v) is 1.11. The van der Waals surface area contributed by atoms with Crippen LogP contribution in [-0.4, -0.2) is 66.0 Å². The van der Waals surface area contributed by atoms with Crippen molar-refractivity contribution in [3.8, 4) is 0 Å². The van der Waals surface area contributed by atoms with E-state index in [-0.39, 0.29) is 80.9 Å². The van der Waals surface area contributed by atoms with Crippen molar-refractivity contribution in [2.45, 2.75) is 0 Å². The third kappa shape index (κ3) is 160. The summed E-state index contributed by atoms with van der Waals surface area (Å²) < 4.78 is 0. The molecule has 0 aromatic rings. The van der Waals surface area contributed by atoms with Crippen LogP contribution in [0.5, 0.6) is 0 Å². The van der Waals surface area contributed by atoms with E-state index in [4.69, 9.17) is 19.8 Å². The van der Waals surface area contributed by atoms with Gasteiger partial charge in [0.1, 0.15) is 0 Å². The summed E-state index contributed by atoms with van der Waals surface area (Å²) >= 11 is 0. The van der Waals surface area contributed by atoms with Crippen LogP contribution in [0.2, 0.25) is 0 Å². The van der Waals surface area contributed by atoms with Crippen molar-refractivity contribution in [3.05, 3.63) is 0 Å². The van der Waals surface area contributed by atoms with Gasteiger partial charge < -0.3 is 55.4 Å². The number of carboxylic acids is 2. The molecule has 0 spiro atoms. The maximum Gasteiger partial charge on any atom is 1.00 e. The Balaban J connectivity index is -0.00000000227. The van der Waals surface area contributed by atoms with E-state index in [0.29, 0.717) is 0 Å². The molecule has 0 fully saturated rings. The molecule has 16 heavy (non-hydrogen) atoms. The molecule has 0 rings (SSSR count). The molecule has 0 aliphatic rings. The zero-order valence-corrected chi connectivity index (χ0v) is 9.09. The van der Waals surface area contributed by atoms with Crippen LogP contribution in [0.1, 0.15) is 1.43 Å². The minimum absolute atomic E-state index is 0. The van der Waals surface area contributed by atoms with E-state index in [9.17, 15) is 0 Å². The van der Waals surface area contributed by atoms with Gasteiger partial charge >= 0.3 is 30.8 Å². The summed E-state index contributed by atoms with van der Waals surface area (Å²) in [5.74, 6) is -3.65. The predicted molar refractivity (Wildman–Crippen MR) is 45.3 cm³/mol. The van der Waals surface area contributed by atoms with E-state index in [1.54, 1.807) is 0 Å². The van der Waals surface area contributed by atoms with Crippen LogP contribution in [0, 0.1) is 0 Å². The second-order valence-corrected chi connectivity index (χ2v) is 0.610. The first kappa shape index (κ1) is 153. The molecule has 0 heterocycles. The first-order chi connectivity index (χ1) is 2.64. The molecule has 0 aromatic carbocycles. The normalized spacial score (nSPS) is 2.75. The Bertz CT molecular complexity index is 90.5. The van der Waals surface area contributed by atoms with Gasteiger partial charge in [0, 0.05) is 16.8 Å². The van der Waals surface area contributed by atoms with Gasteiger partial charge in [-0.3, -0.25) is 0 Å². The summed E-state index contributed by atoms with van der Waals surface area (Å²) in [6.45, 7) is 0. The smallest absolute Gasteiger partial charge is 1.00 e. The fourth-order valence-corrected chi connectivity index (χ4v) is 0. The summed E-state index contributed by atoms with van der Waals surface area (Å²) in [6.07, 6.45) is 0. The van der Waals surface area contributed by atoms with Crippen LogP contribution in [0.3, 0.4) is 0 Å². The van der Waals surface area contributed by atoms with Crippen molar-refractivity contribution in [2.24, 2.45) is 0 Å². The van der Waals surface area contributed by atoms with E-state index >= 15 is 0 Å². The standard InChI is InChI=1S/C2H2O4.Co.Li.8H2O.H/c3-1(4)2(5)6;;;;;;;;;;;/h(H,3,4)(H,5,6);;;8*1H2;/q;;+1;;;;;;;;;-1. The second kappa shape index (κ2) is 84.6. The third-order valence-corrected chi connectivity index (χ3v) is 0.183. The summed E-state index contributed by atoms with van der Waals surface area (Å²) in [5, 5.41) is 14.8. The van der Waals surface area contributed by atoms with Crippen LogP contribution < -0.4 is 18.9 Å². The SMILES string of the molecule is O.O.O.O.O.O.O.O.O=C(O)C(=O)O.[Co].[H-].[Li+]. The minimum Gasteiger partial charge on any atom is -1.00 e. The molecule has 0 saturated carbocycles. The molecule has 0 atom stereocenters. The number of carboxylic acid groups (broad SMARTS) is 2. The van der Waals surface area contributed by atoms with Crippen LogP contribution in [-0.2, 0) is 26.4 Å². The second-order valence-electron chi connectivity index (χ2n) is 0.610. The molecule has 18 N–H and O–H groups in total. The average Bonchev–Trinajstić information content (AvgIpc) is 1.36. The van der Waals surface area contributed by atoms with E-state index in [1.165, 1.54) is 0 Å². The molecular formula is C2H19CoLiO12. The molecule has 12 nitrogen and oxygen atoms in total. The molecule has 0 bridgehead atoms. The fourth-order valence-electron chi connectivity index (χ4n) is 0. The zero-order chi connectivity index (χ0) is 5.15. The maximum atomic E-state index is 9.10. The van der Waals surface area contributed by atoms with Crippen LogP contribution in [0.15, 0.2) is 0 Å². The van der Waals surface area contributed by atoms with Crippen molar-refractivity contribution in [1.29, 1.82) is 0 Å². The third-order valence-electron chi connectivity index (χ3n) is 0.183. The molecule has 0 saturated heterocycles.